The first-order chi connectivity index (χ1) is 6.16. The van der Waals surface area contributed by atoms with Crippen molar-refractivity contribution >= 4 is 22.0 Å². The molecule has 2 aliphatic rings. The molecule has 2 N–H and O–H groups in total. The van der Waals surface area contributed by atoms with Gasteiger partial charge in [-0.2, -0.15) is 0 Å². The van der Waals surface area contributed by atoms with Crippen molar-refractivity contribution in [2.24, 2.45) is 5.16 Å². The molecule has 72 valence electrons. The van der Waals surface area contributed by atoms with Gasteiger partial charge in [0.15, 0.2) is 0 Å². The van der Waals surface area contributed by atoms with E-state index in [9.17, 15) is 0 Å². The minimum absolute atomic E-state index is 0.124. The third-order valence-electron chi connectivity index (χ3n) is 1.89. The molecule has 0 saturated carbocycles. The Hall–Kier alpha value is -0.710. The maximum atomic E-state index is 5.26. The second kappa shape index (κ2) is 3.21. The second-order valence-corrected chi connectivity index (χ2v) is 4.88. The maximum absolute atomic E-state index is 5.26. The summed E-state index contributed by atoms with van der Waals surface area (Å²) in [4.78, 5) is 8.50. The van der Waals surface area contributed by atoms with Crippen LogP contribution in [-0.4, -0.2) is 28.9 Å². The highest BCUT2D eigenvalue weighted by atomic mass is 32.2. The minimum Gasteiger partial charge on any atom is -0.389 e. The second-order valence-electron chi connectivity index (χ2n) is 3.80. The first-order valence-corrected chi connectivity index (χ1v) is 5.25. The molecular weight excluding hydrogens is 186 g/mol. The summed E-state index contributed by atoms with van der Waals surface area (Å²) in [5, 5.41) is 9.41. The van der Waals surface area contributed by atoms with Gasteiger partial charge in [0.25, 0.3) is 0 Å². The Morgan fingerprint density at radius 1 is 1.62 bits per heavy atom. The Morgan fingerprint density at radius 3 is 3.00 bits per heavy atom. The van der Waals surface area contributed by atoms with Gasteiger partial charge in [0.05, 0.1) is 0 Å². The van der Waals surface area contributed by atoms with Crippen LogP contribution < -0.4 is 10.3 Å². The van der Waals surface area contributed by atoms with Crippen molar-refractivity contribution in [3.05, 3.63) is 0 Å². The average Bonchev–Trinajstić information content (AvgIpc) is 2.61. The summed E-state index contributed by atoms with van der Waals surface area (Å²) < 4.78 is 0. The van der Waals surface area contributed by atoms with Gasteiger partial charge in [-0.05, 0) is 13.8 Å². The van der Waals surface area contributed by atoms with Gasteiger partial charge >= 0.3 is 5.17 Å². The van der Waals surface area contributed by atoms with Crippen molar-refractivity contribution in [3.8, 4) is 0 Å². The summed E-state index contributed by atoms with van der Waals surface area (Å²) in [6.07, 6.45) is 0.893. The van der Waals surface area contributed by atoms with Gasteiger partial charge in [-0.25, -0.2) is 0 Å². The van der Waals surface area contributed by atoms with Crippen molar-refractivity contribution in [2.75, 3.05) is 13.1 Å². The zero-order valence-electron chi connectivity index (χ0n) is 7.89. The zero-order chi connectivity index (χ0) is 9.31. The minimum atomic E-state index is -0.124. The fourth-order valence-electron chi connectivity index (χ4n) is 1.26. The van der Waals surface area contributed by atoms with Crippen LogP contribution in [0.4, 0.5) is 0 Å². The predicted octanol–water partition coefficient (Wildman–Crippen LogP) is -0.728. The summed E-state index contributed by atoms with van der Waals surface area (Å²) in [6.45, 7) is 6.09. The molecule has 2 heterocycles. The SMILES string of the molecule is CC1(C)CC(SC2=[NH+]CCN2)=NO1. The van der Waals surface area contributed by atoms with E-state index < -0.39 is 0 Å². The summed E-state index contributed by atoms with van der Waals surface area (Å²) in [5.41, 5.74) is -0.124. The molecule has 0 fully saturated rings. The number of amidine groups is 1. The lowest BCUT2D eigenvalue weighted by Gasteiger charge is -2.12. The molecule has 0 aliphatic carbocycles. The van der Waals surface area contributed by atoms with Crippen molar-refractivity contribution in [1.82, 2.24) is 5.32 Å². The van der Waals surface area contributed by atoms with E-state index in [0.717, 1.165) is 29.7 Å². The number of rotatable bonds is 0. The van der Waals surface area contributed by atoms with Gasteiger partial charge in [0, 0.05) is 18.2 Å². The third-order valence-corrected chi connectivity index (χ3v) is 2.83. The number of nitrogens with zero attached hydrogens (tertiary/aromatic N) is 1. The van der Waals surface area contributed by atoms with Crippen LogP contribution in [0.3, 0.4) is 0 Å². The molecule has 13 heavy (non-hydrogen) atoms. The van der Waals surface area contributed by atoms with Crippen molar-refractivity contribution in [3.63, 3.8) is 0 Å². The van der Waals surface area contributed by atoms with Crippen LogP contribution in [0, 0.1) is 0 Å². The van der Waals surface area contributed by atoms with Crippen LogP contribution in [0.15, 0.2) is 5.16 Å². The molecular formula is C8H14N3OS+. The lowest BCUT2D eigenvalue weighted by molar-refractivity contribution is -0.441. The highest BCUT2D eigenvalue weighted by molar-refractivity contribution is 8.26. The van der Waals surface area contributed by atoms with Crippen LogP contribution in [0.2, 0.25) is 0 Å². The number of thioether (sulfide) groups is 1. The molecule has 2 rings (SSSR count). The summed E-state index contributed by atoms with van der Waals surface area (Å²) in [7, 11) is 0. The van der Waals surface area contributed by atoms with Crippen molar-refractivity contribution < 1.29 is 9.83 Å². The van der Waals surface area contributed by atoms with E-state index in [1.807, 2.05) is 13.8 Å². The zero-order valence-corrected chi connectivity index (χ0v) is 8.70. The molecule has 0 aromatic heterocycles. The summed E-state index contributed by atoms with van der Waals surface area (Å²) in [5.74, 6) is 0. The largest absolute Gasteiger partial charge is 0.389 e. The van der Waals surface area contributed by atoms with E-state index >= 15 is 0 Å². The van der Waals surface area contributed by atoms with Gasteiger partial charge in [0.1, 0.15) is 23.7 Å². The van der Waals surface area contributed by atoms with E-state index in [-0.39, 0.29) is 5.60 Å². The number of hydrogen-bond acceptors (Lipinski definition) is 4. The van der Waals surface area contributed by atoms with Crippen LogP contribution in [0.5, 0.6) is 0 Å². The molecule has 0 atom stereocenters. The Morgan fingerprint density at radius 2 is 2.46 bits per heavy atom. The topological polar surface area (TPSA) is 47.6 Å². The Kier molecular flexibility index (Phi) is 2.19. The fraction of sp³-hybridized carbons (Fsp3) is 0.750. The highest BCUT2D eigenvalue weighted by Gasteiger charge is 2.31. The molecule has 0 aromatic carbocycles. The van der Waals surface area contributed by atoms with Crippen molar-refractivity contribution in [1.29, 1.82) is 0 Å². The molecule has 0 unspecified atom stereocenters. The average molecular weight is 200 g/mol. The monoisotopic (exact) mass is 200 g/mol. The molecule has 0 spiro atoms. The van der Waals surface area contributed by atoms with E-state index in [0.29, 0.717) is 0 Å². The molecule has 0 amide bonds. The van der Waals surface area contributed by atoms with E-state index in [1.54, 1.807) is 11.8 Å². The molecule has 0 saturated heterocycles. The third kappa shape index (κ3) is 2.15. The van der Waals surface area contributed by atoms with Gasteiger partial charge in [-0.3, -0.25) is 10.3 Å². The molecule has 2 aliphatic heterocycles. The van der Waals surface area contributed by atoms with Crippen LogP contribution in [0.25, 0.3) is 0 Å². The van der Waals surface area contributed by atoms with Crippen LogP contribution in [-0.2, 0) is 4.84 Å². The summed E-state index contributed by atoms with van der Waals surface area (Å²) >= 11 is 1.64. The van der Waals surface area contributed by atoms with E-state index in [2.05, 4.69) is 15.5 Å². The highest BCUT2D eigenvalue weighted by Crippen LogP contribution is 2.27. The van der Waals surface area contributed by atoms with Gasteiger partial charge in [-0.1, -0.05) is 5.16 Å². The van der Waals surface area contributed by atoms with E-state index in [1.165, 1.54) is 0 Å². The Bertz CT molecular complexity index is 273. The Balaban J connectivity index is 1.90. The summed E-state index contributed by atoms with van der Waals surface area (Å²) in [6, 6.07) is 0. The number of oxime groups is 1. The molecule has 0 aromatic rings. The van der Waals surface area contributed by atoms with Crippen LogP contribution in [0.1, 0.15) is 20.3 Å². The number of hydrogen-bond donors (Lipinski definition) is 2. The van der Waals surface area contributed by atoms with E-state index in [4.69, 9.17) is 4.84 Å². The van der Waals surface area contributed by atoms with Gasteiger partial charge in [0.2, 0.25) is 0 Å². The number of nitrogens with one attached hydrogen (secondary N) is 2. The quantitative estimate of drug-likeness (QED) is 0.542. The van der Waals surface area contributed by atoms with Crippen LogP contribution >= 0.6 is 11.8 Å². The van der Waals surface area contributed by atoms with Crippen molar-refractivity contribution in [2.45, 2.75) is 25.9 Å². The normalized spacial score (nSPS) is 24.8. The molecule has 5 heteroatoms. The molecule has 0 bridgehead atoms. The standard InChI is InChI=1S/C8H13N3OS/c1-8(2)5-6(11-12-8)13-7-9-3-4-10-7/h3-5H2,1-2H3,(H,9,10)/p+1. The fourth-order valence-corrected chi connectivity index (χ4v) is 2.34. The molecule has 0 radical (unpaired) electrons. The maximum Gasteiger partial charge on any atom is 0.310 e. The smallest absolute Gasteiger partial charge is 0.310 e. The first kappa shape index (κ1) is 8.87. The lowest BCUT2D eigenvalue weighted by Crippen LogP contribution is -2.69. The predicted molar refractivity (Wildman–Crippen MR) is 53.6 cm³/mol. The molecule has 4 nitrogen and oxygen atoms in total. The Labute approximate surface area is 81.8 Å². The first-order valence-electron chi connectivity index (χ1n) is 4.43. The lowest BCUT2D eigenvalue weighted by atomic mass is 10.1. The van der Waals surface area contributed by atoms with Gasteiger partial charge < -0.3 is 4.84 Å². The van der Waals surface area contributed by atoms with Gasteiger partial charge in [-0.15, -0.1) is 0 Å².